The van der Waals surface area contributed by atoms with Crippen LogP contribution in [0.15, 0.2) is 40.9 Å². The van der Waals surface area contributed by atoms with Crippen molar-refractivity contribution in [3.63, 3.8) is 0 Å². The molecule has 0 aliphatic carbocycles. The molecule has 0 radical (unpaired) electrons. The monoisotopic (exact) mass is 492 g/mol. The summed E-state index contributed by atoms with van der Waals surface area (Å²) < 4.78 is 22.9. The smallest absolute Gasteiger partial charge is 0.173 e. The number of hydrogen-bond acceptors (Lipinski definition) is 8. The minimum absolute atomic E-state index is 0.0444. The van der Waals surface area contributed by atoms with Gasteiger partial charge in [0.1, 0.15) is 11.5 Å². The number of ether oxygens (including phenoxy) is 3. The number of hydrogen-bond donors (Lipinski definition) is 1. The van der Waals surface area contributed by atoms with Crippen LogP contribution in [0.25, 0.3) is 11.0 Å². The van der Waals surface area contributed by atoms with E-state index in [9.17, 15) is 0 Å². The Morgan fingerprint density at radius 1 is 1.08 bits per heavy atom. The third-order valence-corrected chi connectivity index (χ3v) is 6.72. The zero-order valence-corrected chi connectivity index (χ0v) is 21.5. The van der Waals surface area contributed by atoms with Gasteiger partial charge in [0.05, 0.1) is 30.5 Å². The van der Waals surface area contributed by atoms with Crippen molar-refractivity contribution in [2.75, 3.05) is 46.9 Å². The van der Waals surface area contributed by atoms with Gasteiger partial charge in [-0.25, -0.2) is 0 Å². The van der Waals surface area contributed by atoms with Crippen LogP contribution in [0.1, 0.15) is 36.1 Å². The minimum Gasteiger partial charge on any atom is -0.457 e. The summed E-state index contributed by atoms with van der Waals surface area (Å²) in [6.45, 7) is 6.51. The summed E-state index contributed by atoms with van der Waals surface area (Å²) in [5.74, 6) is 2.13. The summed E-state index contributed by atoms with van der Waals surface area (Å²) in [7, 11) is 3.75. The van der Waals surface area contributed by atoms with Crippen LogP contribution in [0.3, 0.4) is 0 Å². The summed E-state index contributed by atoms with van der Waals surface area (Å²) in [4.78, 5) is 2.46. The highest BCUT2D eigenvalue weighted by Gasteiger charge is 2.25. The third kappa shape index (κ3) is 6.62. The molecule has 0 bridgehead atoms. The highest BCUT2D eigenvalue weighted by Crippen LogP contribution is 2.33. The Bertz CT molecular complexity index is 1140. The van der Waals surface area contributed by atoms with Crippen molar-refractivity contribution in [3.05, 3.63) is 53.2 Å². The Morgan fingerprint density at radius 2 is 1.78 bits per heavy atom. The van der Waals surface area contributed by atoms with Gasteiger partial charge in [0.2, 0.25) is 0 Å². The first kappa shape index (κ1) is 26.1. The van der Waals surface area contributed by atoms with Gasteiger partial charge < -0.3 is 24.1 Å². The van der Waals surface area contributed by atoms with Crippen molar-refractivity contribution in [3.8, 4) is 17.6 Å². The number of piperidine rings is 1. The van der Waals surface area contributed by atoms with Crippen molar-refractivity contribution >= 4 is 11.0 Å². The molecular formula is C28H36N4O4. The van der Waals surface area contributed by atoms with Crippen molar-refractivity contribution in [1.82, 2.24) is 15.4 Å². The molecule has 0 saturated carbocycles. The molecule has 36 heavy (non-hydrogen) atoms. The van der Waals surface area contributed by atoms with Crippen molar-refractivity contribution in [2.45, 2.75) is 38.9 Å². The van der Waals surface area contributed by atoms with E-state index in [4.69, 9.17) is 24.0 Å². The van der Waals surface area contributed by atoms with E-state index in [0.717, 1.165) is 73.7 Å². The highest BCUT2D eigenvalue weighted by atomic mass is 16.7. The molecule has 192 valence electrons. The van der Waals surface area contributed by atoms with Crippen LogP contribution < -0.4 is 10.1 Å². The summed E-state index contributed by atoms with van der Waals surface area (Å²) in [5.41, 5.74) is 3.34. The first-order chi connectivity index (χ1) is 17.6. The number of fused-ring (bicyclic) bond motifs is 1. The van der Waals surface area contributed by atoms with Gasteiger partial charge >= 0.3 is 0 Å². The van der Waals surface area contributed by atoms with Crippen molar-refractivity contribution in [2.24, 2.45) is 5.92 Å². The molecule has 2 aromatic carbocycles. The molecule has 8 nitrogen and oxygen atoms in total. The standard InChI is InChI=1S/C26H29N3O4.C2H7N/c1-18-24(32-21-5-2-20(16-27)3-6-21)9-7-22-23(28-33-26(18)22)8-4-19-10-12-29(13-11-19)17-25-30-14-15-31-25;1-3-2/h2-3,5-7,9,19,25H,4,8,10-15,17H2,1H3;3H,1-2H3. The van der Waals surface area contributed by atoms with Gasteiger partial charge in [0.25, 0.3) is 0 Å². The van der Waals surface area contributed by atoms with Gasteiger partial charge in [0, 0.05) is 17.5 Å². The molecular weight excluding hydrogens is 456 g/mol. The maximum Gasteiger partial charge on any atom is 0.173 e. The molecule has 0 atom stereocenters. The van der Waals surface area contributed by atoms with Crippen LogP contribution in [0.4, 0.5) is 0 Å². The number of nitrogens with one attached hydrogen (secondary N) is 1. The molecule has 3 heterocycles. The summed E-state index contributed by atoms with van der Waals surface area (Å²) >= 11 is 0. The van der Waals surface area contributed by atoms with Crippen molar-refractivity contribution in [1.29, 1.82) is 5.26 Å². The van der Waals surface area contributed by atoms with E-state index in [1.54, 1.807) is 24.3 Å². The zero-order valence-electron chi connectivity index (χ0n) is 21.5. The van der Waals surface area contributed by atoms with Gasteiger partial charge in [-0.15, -0.1) is 0 Å². The minimum atomic E-state index is -0.0444. The predicted molar refractivity (Wildman–Crippen MR) is 138 cm³/mol. The van der Waals surface area contributed by atoms with Crippen LogP contribution in [-0.2, 0) is 15.9 Å². The van der Waals surface area contributed by atoms with Crippen LogP contribution in [-0.4, -0.2) is 63.3 Å². The highest BCUT2D eigenvalue weighted by molar-refractivity contribution is 5.84. The lowest BCUT2D eigenvalue weighted by molar-refractivity contribution is -0.0661. The van der Waals surface area contributed by atoms with E-state index in [-0.39, 0.29) is 6.29 Å². The Hall–Kier alpha value is -2.96. The molecule has 0 amide bonds. The second-order valence-corrected chi connectivity index (χ2v) is 9.39. The maximum absolute atomic E-state index is 8.95. The van der Waals surface area contributed by atoms with E-state index < -0.39 is 0 Å². The van der Waals surface area contributed by atoms with Gasteiger partial charge in [-0.05, 0) is 102 Å². The first-order valence-corrected chi connectivity index (χ1v) is 12.7. The molecule has 8 heteroatoms. The number of aromatic nitrogens is 1. The van der Waals surface area contributed by atoms with E-state index in [2.05, 4.69) is 21.4 Å². The molecule has 3 aromatic rings. The van der Waals surface area contributed by atoms with Crippen LogP contribution >= 0.6 is 0 Å². The number of nitrogens with zero attached hydrogens (tertiary/aromatic N) is 3. The predicted octanol–water partition coefficient (Wildman–Crippen LogP) is 4.65. The molecule has 2 saturated heterocycles. The fourth-order valence-electron chi connectivity index (χ4n) is 4.71. The first-order valence-electron chi connectivity index (χ1n) is 12.7. The van der Waals surface area contributed by atoms with E-state index in [1.165, 1.54) is 12.8 Å². The van der Waals surface area contributed by atoms with Gasteiger partial charge in [-0.1, -0.05) is 5.16 Å². The van der Waals surface area contributed by atoms with Crippen LogP contribution in [0, 0.1) is 24.2 Å². The number of likely N-dealkylation sites (tertiary alicyclic amines) is 1. The normalized spacial score (nSPS) is 17.1. The zero-order chi connectivity index (χ0) is 25.3. The molecule has 0 unspecified atom stereocenters. The molecule has 1 aromatic heterocycles. The molecule has 2 fully saturated rings. The molecule has 1 N–H and O–H groups in total. The summed E-state index contributed by atoms with van der Waals surface area (Å²) in [6.07, 6.45) is 4.39. The lowest BCUT2D eigenvalue weighted by Gasteiger charge is -2.32. The molecule has 5 rings (SSSR count). The lowest BCUT2D eigenvalue weighted by Crippen LogP contribution is -2.39. The summed E-state index contributed by atoms with van der Waals surface area (Å²) in [5, 5.41) is 17.1. The number of rotatable bonds is 7. The Balaban J connectivity index is 0.000000967. The SMILES string of the molecule is CNC.Cc1c(Oc2ccc(C#N)cc2)ccc2c(CCC3CCN(CC4OCCO4)CC3)noc12. The van der Waals surface area contributed by atoms with Gasteiger partial charge in [-0.3, -0.25) is 4.90 Å². The third-order valence-electron chi connectivity index (χ3n) is 6.72. The average Bonchev–Trinajstić information content (AvgIpc) is 3.56. The maximum atomic E-state index is 8.95. The van der Waals surface area contributed by atoms with Crippen LogP contribution in [0.2, 0.25) is 0 Å². The van der Waals surface area contributed by atoms with Crippen molar-refractivity contribution < 1.29 is 18.7 Å². The second-order valence-electron chi connectivity index (χ2n) is 9.39. The van der Waals surface area contributed by atoms with E-state index in [1.807, 2.05) is 33.2 Å². The topological polar surface area (TPSA) is 92.8 Å². The van der Waals surface area contributed by atoms with E-state index >= 15 is 0 Å². The number of aryl methyl sites for hydroxylation is 2. The Morgan fingerprint density at radius 3 is 2.44 bits per heavy atom. The fourth-order valence-corrected chi connectivity index (χ4v) is 4.71. The van der Waals surface area contributed by atoms with Gasteiger partial charge in [-0.2, -0.15) is 5.26 Å². The van der Waals surface area contributed by atoms with Crippen LogP contribution in [0.5, 0.6) is 11.5 Å². The average molecular weight is 493 g/mol. The largest absolute Gasteiger partial charge is 0.457 e. The second kappa shape index (κ2) is 12.8. The Labute approximate surface area is 213 Å². The summed E-state index contributed by atoms with van der Waals surface area (Å²) in [6, 6.07) is 13.2. The molecule has 2 aliphatic heterocycles. The van der Waals surface area contributed by atoms with E-state index in [0.29, 0.717) is 17.2 Å². The number of nitriles is 1. The Kier molecular flexibility index (Phi) is 9.31. The quantitative estimate of drug-likeness (QED) is 0.509. The molecule has 0 spiro atoms. The lowest BCUT2D eigenvalue weighted by atomic mass is 9.91. The molecule has 2 aliphatic rings. The fraction of sp³-hybridized carbons (Fsp3) is 0.500. The van der Waals surface area contributed by atoms with Gasteiger partial charge in [0.15, 0.2) is 11.9 Å². The number of benzene rings is 2.